The van der Waals surface area contributed by atoms with Crippen LogP contribution in [0.25, 0.3) is 10.9 Å². The predicted molar refractivity (Wildman–Crippen MR) is 89.4 cm³/mol. The summed E-state index contributed by atoms with van der Waals surface area (Å²) in [5.41, 5.74) is 1.79. The van der Waals surface area contributed by atoms with E-state index in [4.69, 9.17) is 4.74 Å². The minimum absolute atomic E-state index is 0.315. The summed E-state index contributed by atoms with van der Waals surface area (Å²) in [5.74, 6) is 1.08. The van der Waals surface area contributed by atoms with Gasteiger partial charge in [-0.15, -0.1) is 0 Å². The molecule has 0 aliphatic rings. The van der Waals surface area contributed by atoms with E-state index in [-0.39, 0.29) is 5.82 Å². The van der Waals surface area contributed by atoms with Crippen molar-refractivity contribution < 1.29 is 9.13 Å². The van der Waals surface area contributed by atoms with Gasteiger partial charge in [-0.2, -0.15) is 0 Å². The van der Waals surface area contributed by atoms with Crippen LogP contribution in [0.4, 0.5) is 10.2 Å². The van der Waals surface area contributed by atoms with Crippen molar-refractivity contribution in [2.45, 2.75) is 6.92 Å². The number of rotatable bonds is 5. The Bertz CT molecular complexity index is 800. The lowest BCUT2D eigenvalue weighted by atomic mass is 10.2. The zero-order chi connectivity index (χ0) is 16.2. The number of hydrogen-bond donors (Lipinski definition) is 0. The van der Waals surface area contributed by atoms with E-state index in [0.29, 0.717) is 29.9 Å². The van der Waals surface area contributed by atoms with Gasteiger partial charge in [0.2, 0.25) is 0 Å². The first-order valence-electron chi connectivity index (χ1n) is 7.45. The molecule has 0 amide bonds. The lowest BCUT2D eigenvalue weighted by Crippen LogP contribution is -2.25. The van der Waals surface area contributed by atoms with Crippen LogP contribution in [0.1, 0.15) is 5.56 Å². The second-order valence-corrected chi connectivity index (χ2v) is 5.41. The van der Waals surface area contributed by atoms with Gasteiger partial charge in [-0.3, -0.25) is 0 Å². The Morgan fingerprint density at radius 1 is 1.09 bits per heavy atom. The van der Waals surface area contributed by atoms with E-state index in [0.717, 1.165) is 5.75 Å². The average molecular weight is 311 g/mol. The van der Waals surface area contributed by atoms with Crippen LogP contribution >= 0.6 is 0 Å². The van der Waals surface area contributed by atoms with Crippen LogP contribution in [0.2, 0.25) is 0 Å². The van der Waals surface area contributed by atoms with Crippen molar-refractivity contribution in [3.8, 4) is 5.75 Å². The van der Waals surface area contributed by atoms with Gasteiger partial charge in [0, 0.05) is 7.05 Å². The normalized spacial score (nSPS) is 10.7. The molecule has 118 valence electrons. The Morgan fingerprint density at radius 2 is 1.87 bits per heavy atom. The molecule has 0 saturated carbocycles. The average Bonchev–Trinajstić information content (AvgIpc) is 2.56. The van der Waals surface area contributed by atoms with Crippen LogP contribution in [0.15, 0.2) is 48.8 Å². The standard InChI is InChI=1S/C18H18FN3O/c1-13-6-8-14(9-7-13)23-11-10-22(2)18-17-15(19)4-3-5-16(17)20-12-21-18/h3-9,12H,10-11H2,1-2H3. The smallest absolute Gasteiger partial charge is 0.142 e. The molecule has 2 aromatic carbocycles. The maximum Gasteiger partial charge on any atom is 0.142 e. The first-order chi connectivity index (χ1) is 11.1. The molecule has 0 aliphatic carbocycles. The summed E-state index contributed by atoms with van der Waals surface area (Å²) < 4.78 is 19.8. The topological polar surface area (TPSA) is 38.2 Å². The van der Waals surface area contributed by atoms with Crippen molar-refractivity contribution >= 4 is 16.7 Å². The molecule has 3 rings (SSSR count). The number of fused-ring (bicyclic) bond motifs is 1. The first-order valence-corrected chi connectivity index (χ1v) is 7.45. The molecule has 3 aromatic rings. The van der Waals surface area contributed by atoms with Crippen LogP contribution in [0.3, 0.4) is 0 Å². The van der Waals surface area contributed by atoms with Crippen molar-refractivity contribution in [2.24, 2.45) is 0 Å². The van der Waals surface area contributed by atoms with Crippen molar-refractivity contribution in [1.82, 2.24) is 9.97 Å². The number of ether oxygens (including phenoxy) is 1. The molecule has 0 N–H and O–H groups in total. The van der Waals surface area contributed by atoms with Gasteiger partial charge in [0.1, 0.15) is 30.3 Å². The van der Waals surface area contributed by atoms with E-state index in [9.17, 15) is 4.39 Å². The molecule has 0 unspecified atom stereocenters. The monoisotopic (exact) mass is 311 g/mol. The van der Waals surface area contributed by atoms with Crippen LogP contribution in [-0.2, 0) is 0 Å². The van der Waals surface area contributed by atoms with Gasteiger partial charge in [0.05, 0.1) is 17.4 Å². The largest absolute Gasteiger partial charge is 0.492 e. The minimum Gasteiger partial charge on any atom is -0.492 e. The molecule has 5 heteroatoms. The molecule has 0 atom stereocenters. The van der Waals surface area contributed by atoms with Crippen LogP contribution in [-0.4, -0.2) is 30.2 Å². The third kappa shape index (κ3) is 3.39. The van der Waals surface area contributed by atoms with Gasteiger partial charge >= 0.3 is 0 Å². The van der Waals surface area contributed by atoms with Gasteiger partial charge in [0.15, 0.2) is 0 Å². The number of halogens is 1. The Kier molecular flexibility index (Phi) is 4.37. The van der Waals surface area contributed by atoms with Crippen molar-refractivity contribution in [1.29, 1.82) is 0 Å². The maximum atomic E-state index is 14.1. The summed E-state index contributed by atoms with van der Waals surface area (Å²) >= 11 is 0. The predicted octanol–water partition coefficient (Wildman–Crippen LogP) is 3.59. The Hall–Kier alpha value is -2.69. The molecular weight excluding hydrogens is 293 g/mol. The van der Waals surface area contributed by atoms with E-state index in [1.807, 2.05) is 43.1 Å². The van der Waals surface area contributed by atoms with E-state index in [2.05, 4.69) is 9.97 Å². The van der Waals surface area contributed by atoms with Gasteiger partial charge < -0.3 is 9.64 Å². The molecule has 0 spiro atoms. The maximum absolute atomic E-state index is 14.1. The number of aromatic nitrogens is 2. The van der Waals surface area contributed by atoms with Gasteiger partial charge in [-0.25, -0.2) is 14.4 Å². The highest BCUT2D eigenvalue weighted by Gasteiger charge is 2.12. The molecule has 0 aliphatic heterocycles. The fraction of sp³-hybridized carbons (Fsp3) is 0.222. The Labute approximate surface area is 134 Å². The van der Waals surface area contributed by atoms with Gasteiger partial charge in [0.25, 0.3) is 0 Å². The van der Waals surface area contributed by atoms with E-state index < -0.39 is 0 Å². The minimum atomic E-state index is -0.315. The fourth-order valence-electron chi connectivity index (χ4n) is 2.38. The molecule has 0 saturated heterocycles. The summed E-state index contributed by atoms with van der Waals surface area (Å²) in [5, 5.41) is 0.438. The molecular formula is C18H18FN3O. The molecule has 0 radical (unpaired) electrons. The van der Waals surface area contributed by atoms with Crippen LogP contribution in [0, 0.1) is 12.7 Å². The summed E-state index contributed by atoms with van der Waals surface area (Å²) in [6.45, 7) is 3.11. The highest BCUT2D eigenvalue weighted by Crippen LogP contribution is 2.24. The molecule has 4 nitrogen and oxygen atoms in total. The summed E-state index contributed by atoms with van der Waals surface area (Å²) in [6, 6.07) is 12.7. The van der Waals surface area contributed by atoms with Crippen molar-refractivity contribution in [3.05, 3.63) is 60.2 Å². The third-order valence-corrected chi connectivity index (χ3v) is 3.67. The summed E-state index contributed by atoms with van der Waals surface area (Å²) in [7, 11) is 1.87. The van der Waals surface area contributed by atoms with Gasteiger partial charge in [-0.1, -0.05) is 23.8 Å². The quantitative estimate of drug-likeness (QED) is 0.722. The zero-order valence-electron chi connectivity index (χ0n) is 13.2. The molecule has 1 aromatic heterocycles. The van der Waals surface area contributed by atoms with Crippen molar-refractivity contribution in [3.63, 3.8) is 0 Å². The Balaban J connectivity index is 1.71. The summed E-state index contributed by atoms with van der Waals surface area (Å²) in [4.78, 5) is 10.2. The number of anilines is 1. The number of aryl methyl sites for hydroxylation is 1. The summed E-state index contributed by atoms with van der Waals surface area (Å²) in [6.07, 6.45) is 1.45. The molecule has 0 bridgehead atoms. The van der Waals surface area contributed by atoms with Gasteiger partial charge in [-0.05, 0) is 31.2 Å². The van der Waals surface area contributed by atoms with Crippen LogP contribution < -0.4 is 9.64 Å². The van der Waals surface area contributed by atoms with E-state index >= 15 is 0 Å². The Morgan fingerprint density at radius 3 is 2.65 bits per heavy atom. The van der Waals surface area contributed by atoms with E-state index in [1.165, 1.54) is 18.0 Å². The lowest BCUT2D eigenvalue weighted by molar-refractivity contribution is 0.325. The van der Waals surface area contributed by atoms with Crippen molar-refractivity contribution in [2.75, 3.05) is 25.1 Å². The number of likely N-dealkylation sites (N-methyl/N-ethyl adjacent to an activating group) is 1. The highest BCUT2D eigenvalue weighted by molar-refractivity contribution is 5.89. The van der Waals surface area contributed by atoms with Crippen LogP contribution in [0.5, 0.6) is 5.75 Å². The number of benzene rings is 2. The SMILES string of the molecule is Cc1ccc(OCCN(C)c2ncnc3cccc(F)c23)cc1. The molecule has 23 heavy (non-hydrogen) atoms. The fourth-order valence-corrected chi connectivity index (χ4v) is 2.38. The molecule has 0 fully saturated rings. The second kappa shape index (κ2) is 6.60. The molecule has 1 heterocycles. The third-order valence-electron chi connectivity index (χ3n) is 3.67. The number of nitrogens with zero attached hydrogens (tertiary/aromatic N) is 3. The zero-order valence-corrected chi connectivity index (χ0v) is 13.2. The number of hydrogen-bond acceptors (Lipinski definition) is 4. The highest BCUT2D eigenvalue weighted by atomic mass is 19.1. The van der Waals surface area contributed by atoms with E-state index in [1.54, 1.807) is 12.1 Å². The second-order valence-electron chi connectivity index (χ2n) is 5.41. The first kappa shape index (κ1) is 15.2. The lowest BCUT2D eigenvalue weighted by Gasteiger charge is -2.20.